The number of hydrogen-bond donors (Lipinski definition) is 2. The Morgan fingerprint density at radius 2 is 2.33 bits per heavy atom. The van der Waals surface area contributed by atoms with E-state index in [9.17, 15) is 0 Å². The van der Waals surface area contributed by atoms with Crippen LogP contribution in [0.3, 0.4) is 0 Å². The van der Waals surface area contributed by atoms with Gasteiger partial charge in [-0.3, -0.25) is 5.10 Å². The largest absolute Gasteiger partial charge is 0.315 e. The van der Waals surface area contributed by atoms with Crippen molar-refractivity contribution < 1.29 is 0 Å². The van der Waals surface area contributed by atoms with Crippen LogP contribution in [0.2, 0.25) is 0 Å². The van der Waals surface area contributed by atoms with E-state index in [4.69, 9.17) is 0 Å². The highest BCUT2D eigenvalue weighted by atomic mass is 15.2. The van der Waals surface area contributed by atoms with E-state index in [-0.39, 0.29) is 0 Å². The minimum Gasteiger partial charge on any atom is -0.315 e. The molecule has 1 aliphatic rings. The highest BCUT2D eigenvalue weighted by Gasteiger charge is 2.22. The SMILES string of the molecule is CCCc1nc(C2CNC2)n[nH]1. The van der Waals surface area contributed by atoms with E-state index in [0.717, 1.165) is 37.6 Å². The molecule has 0 saturated carbocycles. The molecule has 0 aliphatic carbocycles. The summed E-state index contributed by atoms with van der Waals surface area (Å²) in [5, 5.41) is 10.4. The third kappa shape index (κ3) is 1.34. The van der Waals surface area contributed by atoms with Crippen molar-refractivity contribution in [2.24, 2.45) is 0 Å². The number of rotatable bonds is 3. The average molecular weight is 166 g/mol. The molecule has 0 atom stereocenters. The first-order chi connectivity index (χ1) is 5.90. The summed E-state index contributed by atoms with van der Waals surface area (Å²) in [6.45, 7) is 4.21. The van der Waals surface area contributed by atoms with Crippen LogP contribution in [0.25, 0.3) is 0 Å². The van der Waals surface area contributed by atoms with Crippen LogP contribution in [0.1, 0.15) is 30.9 Å². The van der Waals surface area contributed by atoms with Gasteiger partial charge >= 0.3 is 0 Å². The Kier molecular flexibility index (Phi) is 2.08. The second-order valence-electron chi connectivity index (χ2n) is 3.25. The number of aromatic nitrogens is 3. The van der Waals surface area contributed by atoms with Gasteiger partial charge in [-0.2, -0.15) is 5.10 Å². The van der Waals surface area contributed by atoms with Crippen LogP contribution in [0.4, 0.5) is 0 Å². The summed E-state index contributed by atoms with van der Waals surface area (Å²) >= 11 is 0. The van der Waals surface area contributed by atoms with Gasteiger partial charge in [-0.15, -0.1) is 0 Å². The lowest BCUT2D eigenvalue weighted by atomic mass is 10.0. The lowest BCUT2D eigenvalue weighted by Crippen LogP contribution is -2.40. The highest BCUT2D eigenvalue weighted by Crippen LogP contribution is 2.14. The van der Waals surface area contributed by atoms with Gasteiger partial charge in [0.2, 0.25) is 0 Å². The minimum absolute atomic E-state index is 0.548. The summed E-state index contributed by atoms with van der Waals surface area (Å²) in [5.41, 5.74) is 0. The molecule has 0 radical (unpaired) electrons. The van der Waals surface area contributed by atoms with Crippen molar-refractivity contribution in [2.45, 2.75) is 25.7 Å². The van der Waals surface area contributed by atoms with Gasteiger partial charge in [0.1, 0.15) is 5.82 Å². The summed E-state index contributed by atoms with van der Waals surface area (Å²) in [6, 6.07) is 0. The fourth-order valence-electron chi connectivity index (χ4n) is 1.31. The zero-order valence-electron chi connectivity index (χ0n) is 7.30. The van der Waals surface area contributed by atoms with Gasteiger partial charge in [0.25, 0.3) is 0 Å². The van der Waals surface area contributed by atoms with Crippen LogP contribution < -0.4 is 5.32 Å². The summed E-state index contributed by atoms with van der Waals surface area (Å²) in [7, 11) is 0. The summed E-state index contributed by atoms with van der Waals surface area (Å²) in [5.74, 6) is 2.56. The molecule has 4 heteroatoms. The molecule has 1 aromatic rings. The smallest absolute Gasteiger partial charge is 0.156 e. The van der Waals surface area contributed by atoms with E-state index in [1.54, 1.807) is 0 Å². The van der Waals surface area contributed by atoms with Gasteiger partial charge in [0.15, 0.2) is 5.82 Å². The number of aryl methyl sites for hydroxylation is 1. The van der Waals surface area contributed by atoms with E-state index in [2.05, 4.69) is 27.4 Å². The first-order valence-corrected chi connectivity index (χ1v) is 4.52. The van der Waals surface area contributed by atoms with Crippen molar-refractivity contribution in [1.29, 1.82) is 0 Å². The fourth-order valence-corrected chi connectivity index (χ4v) is 1.31. The molecule has 1 fully saturated rings. The van der Waals surface area contributed by atoms with Gasteiger partial charge in [0.05, 0.1) is 0 Å². The molecule has 2 N–H and O–H groups in total. The lowest BCUT2D eigenvalue weighted by Gasteiger charge is -2.23. The molecule has 2 heterocycles. The summed E-state index contributed by atoms with van der Waals surface area (Å²) in [4.78, 5) is 4.42. The number of H-pyrrole nitrogens is 1. The Balaban J connectivity index is 2.02. The molecule has 0 bridgehead atoms. The number of nitrogens with one attached hydrogen (secondary N) is 2. The predicted molar refractivity (Wildman–Crippen MR) is 46.0 cm³/mol. The van der Waals surface area contributed by atoms with Gasteiger partial charge in [-0.05, 0) is 6.42 Å². The molecular formula is C8H14N4. The molecule has 2 rings (SSSR count). The van der Waals surface area contributed by atoms with E-state index < -0.39 is 0 Å². The van der Waals surface area contributed by atoms with Gasteiger partial charge < -0.3 is 5.32 Å². The topological polar surface area (TPSA) is 53.6 Å². The predicted octanol–water partition coefficient (Wildman–Crippen LogP) is 0.444. The maximum atomic E-state index is 4.42. The summed E-state index contributed by atoms with van der Waals surface area (Å²) < 4.78 is 0. The van der Waals surface area contributed by atoms with Crippen LogP contribution in [0, 0.1) is 0 Å². The molecule has 1 aliphatic heterocycles. The van der Waals surface area contributed by atoms with Crippen molar-refractivity contribution in [3.05, 3.63) is 11.6 Å². The molecule has 0 aromatic carbocycles. The van der Waals surface area contributed by atoms with E-state index in [1.165, 1.54) is 0 Å². The van der Waals surface area contributed by atoms with Crippen molar-refractivity contribution in [1.82, 2.24) is 20.5 Å². The Labute approximate surface area is 71.8 Å². The lowest BCUT2D eigenvalue weighted by molar-refractivity contribution is 0.431. The maximum Gasteiger partial charge on any atom is 0.156 e. The molecule has 1 aromatic heterocycles. The molecular weight excluding hydrogens is 152 g/mol. The molecule has 0 amide bonds. The second-order valence-corrected chi connectivity index (χ2v) is 3.25. The normalized spacial score (nSPS) is 17.8. The van der Waals surface area contributed by atoms with E-state index in [1.807, 2.05) is 0 Å². The standard InChI is InChI=1S/C8H14N4/c1-2-3-7-10-8(12-11-7)6-4-9-5-6/h6,9H,2-5H2,1H3,(H,10,11,12). The number of aromatic amines is 1. The Bertz CT molecular complexity index is 251. The quantitative estimate of drug-likeness (QED) is 0.685. The second kappa shape index (κ2) is 3.23. The fraction of sp³-hybridized carbons (Fsp3) is 0.750. The molecule has 12 heavy (non-hydrogen) atoms. The monoisotopic (exact) mass is 166 g/mol. The Morgan fingerprint density at radius 1 is 1.50 bits per heavy atom. The average Bonchev–Trinajstić information content (AvgIpc) is 2.34. The highest BCUT2D eigenvalue weighted by molar-refractivity contribution is 5.03. The Hall–Kier alpha value is -0.900. The summed E-state index contributed by atoms with van der Waals surface area (Å²) in [6.07, 6.45) is 2.13. The molecule has 0 unspecified atom stereocenters. The number of hydrogen-bond acceptors (Lipinski definition) is 3. The molecule has 4 nitrogen and oxygen atoms in total. The van der Waals surface area contributed by atoms with Crippen molar-refractivity contribution >= 4 is 0 Å². The third-order valence-corrected chi connectivity index (χ3v) is 2.18. The van der Waals surface area contributed by atoms with Gasteiger partial charge in [0, 0.05) is 25.4 Å². The first kappa shape index (κ1) is 7.73. The number of nitrogens with zero attached hydrogens (tertiary/aromatic N) is 2. The molecule has 66 valence electrons. The minimum atomic E-state index is 0.548. The van der Waals surface area contributed by atoms with E-state index >= 15 is 0 Å². The van der Waals surface area contributed by atoms with Crippen LogP contribution in [0.15, 0.2) is 0 Å². The van der Waals surface area contributed by atoms with Gasteiger partial charge in [-0.1, -0.05) is 6.92 Å². The van der Waals surface area contributed by atoms with E-state index in [0.29, 0.717) is 5.92 Å². The van der Waals surface area contributed by atoms with Gasteiger partial charge in [-0.25, -0.2) is 4.98 Å². The van der Waals surface area contributed by atoms with Crippen LogP contribution >= 0.6 is 0 Å². The molecule has 0 spiro atoms. The molecule has 1 saturated heterocycles. The van der Waals surface area contributed by atoms with Crippen molar-refractivity contribution in [3.8, 4) is 0 Å². The van der Waals surface area contributed by atoms with Crippen LogP contribution in [-0.4, -0.2) is 28.3 Å². The zero-order chi connectivity index (χ0) is 8.39. The maximum absolute atomic E-state index is 4.42. The Morgan fingerprint density at radius 3 is 2.92 bits per heavy atom. The third-order valence-electron chi connectivity index (χ3n) is 2.18. The van der Waals surface area contributed by atoms with Crippen LogP contribution in [-0.2, 0) is 6.42 Å². The zero-order valence-corrected chi connectivity index (χ0v) is 7.30. The van der Waals surface area contributed by atoms with Crippen molar-refractivity contribution in [2.75, 3.05) is 13.1 Å². The first-order valence-electron chi connectivity index (χ1n) is 4.52. The van der Waals surface area contributed by atoms with Crippen LogP contribution in [0.5, 0.6) is 0 Å². The van der Waals surface area contributed by atoms with Crippen molar-refractivity contribution in [3.63, 3.8) is 0 Å².